The molecule has 0 spiro atoms. The summed E-state index contributed by atoms with van der Waals surface area (Å²) in [6, 6.07) is 11.1. The van der Waals surface area contributed by atoms with E-state index in [4.69, 9.17) is 0 Å². The van der Waals surface area contributed by atoms with Crippen molar-refractivity contribution in [3.63, 3.8) is 0 Å². The van der Waals surface area contributed by atoms with E-state index < -0.39 is 17.3 Å². The first-order valence-electron chi connectivity index (χ1n) is 13.1. The number of anilines is 5. The van der Waals surface area contributed by atoms with Crippen LogP contribution in [0.5, 0.6) is 0 Å². The van der Waals surface area contributed by atoms with Gasteiger partial charge >= 0.3 is 0 Å². The molecule has 4 N–H and O–H groups in total. The molecule has 0 saturated carbocycles. The number of aliphatic hydroxyl groups is 1. The van der Waals surface area contributed by atoms with Crippen LogP contribution in [0, 0.1) is 5.82 Å². The molecule has 3 aromatic rings. The number of hydrogen-bond acceptors (Lipinski definition) is 8. The van der Waals surface area contributed by atoms with E-state index in [-0.39, 0.29) is 23.9 Å². The summed E-state index contributed by atoms with van der Waals surface area (Å²) in [5, 5.41) is 19.7. The van der Waals surface area contributed by atoms with Gasteiger partial charge < -0.3 is 30.9 Å². The predicted octanol–water partition coefficient (Wildman–Crippen LogP) is 3.92. The van der Waals surface area contributed by atoms with E-state index in [0.717, 1.165) is 37.6 Å². The monoisotopic (exact) mass is 531 g/mol. The fourth-order valence-electron chi connectivity index (χ4n) is 5.00. The third kappa shape index (κ3) is 5.86. The molecular formula is C29H34FN7O2. The van der Waals surface area contributed by atoms with Crippen molar-refractivity contribution in [2.45, 2.75) is 25.4 Å². The average molecular weight is 532 g/mol. The Labute approximate surface area is 227 Å². The number of benzene rings is 2. The smallest absolute Gasteiger partial charge is 0.256 e. The molecule has 2 heterocycles. The number of carbonyl (C=O) groups is 1. The Morgan fingerprint density at radius 1 is 1.15 bits per heavy atom. The number of fused-ring (bicyclic) bond motifs is 1. The topological polar surface area (TPSA) is 106 Å². The van der Waals surface area contributed by atoms with Crippen molar-refractivity contribution in [3.8, 4) is 0 Å². The summed E-state index contributed by atoms with van der Waals surface area (Å²) in [6.45, 7) is 9.60. The molecule has 2 aliphatic rings. The van der Waals surface area contributed by atoms with Gasteiger partial charge in [0.2, 0.25) is 5.95 Å². The molecule has 10 heteroatoms. The van der Waals surface area contributed by atoms with E-state index in [1.807, 2.05) is 12.1 Å². The number of carbonyl (C=O) groups excluding carboxylic acids is 1. The molecule has 5 rings (SSSR count). The third-order valence-electron chi connectivity index (χ3n) is 7.33. The Kier molecular flexibility index (Phi) is 7.49. The summed E-state index contributed by atoms with van der Waals surface area (Å²) in [6.07, 6.45) is 3.92. The fraction of sp³-hybridized carbons (Fsp3) is 0.345. The zero-order valence-electron chi connectivity index (χ0n) is 22.3. The van der Waals surface area contributed by atoms with Crippen LogP contribution in [0.15, 0.2) is 55.3 Å². The Morgan fingerprint density at radius 2 is 1.90 bits per heavy atom. The number of aromatic nitrogens is 2. The molecule has 0 radical (unpaired) electrons. The molecular weight excluding hydrogens is 497 g/mol. The fourth-order valence-corrected chi connectivity index (χ4v) is 5.00. The van der Waals surface area contributed by atoms with Gasteiger partial charge in [0.25, 0.3) is 5.91 Å². The minimum Gasteiger partial charge on any atom is -0.385 e. The van der Waals surface area contributed by atoms with Crippen LogP contribution in [-0.4, -0.2) is 65.7 Å². The van der Waals surface area contributed by atoms with Crippen LogP contribution in [0.2, 0.25) is 0 Å². The van der Waals surface area contributed by atoms with Gasteiger partial charge in [-0.3, -0.25) is 4.79 Å². The Morgan fingerprint density at radius 3 is 2.62 bits per heavy atom. The van der Waals surface area contributed by atoms with Gasteiger partial charge in [0.05, 0.1) is 5.60 Å². The Hall–Kier alpha value is -4.02. The number of hydrogen-bond donors (Lipinski definition) is 4. The van der Waals surface area contributed by atoms with E-state index >= 15 is 0 Å². The summed E-state index contributed by atoms with van der Waals surface area (Å²) in [4.78, 5) is 26.4. The Balaban J connectivity index is 1.40. The van der Waals surface area contributed by atoms with Crippen molar-refractivity contribution in [1.82, 2.24) is 20.2 Å². The standard InChI is InChI=1S/C29H34FN7O2/c1-4-11-31-27(38)23-18-32-28(34-19-5-7-21(8-6-19)37-14-12-36(3)13-15-37)35-26(23)33-20-16-24-22(25(30)17-20)9-10-29(24,2)39/h4-8,16-18,39H,1,9-15H2,2-3H3,(H,31,38)(H2,32,33,34,35)/t29-/m0/s1. The first kappa shape index (κ1) is 26.6. The normalized spacial score (nSPS) is 18.9. The lowest BCUT2D eigenvalue weighted by molar-refractivity contribution is 0.0595. The quantitative estimate of drug-likeness (QED) is 0.324. The number of nitrogens with one attached hydrogen (secondary N) is 3. The molecule has 1 aromatic heterocycles. The average Bonchev–Trinajstić information content (AvgIpc) is 3.23. The number of halogens is 1. The molecule has 2 aromatic carbocycles. The minimum atomic E-state index is -1.12. The molecule has 39 heavy (non-hydrogen) atoms. The molecule has 1 saturated heterocycles. The van der Waals surface area contributed by atoms with Crippen LogP contribution in [0.1, 0.15) is 34.8 Å². The molecule has 204 valence electrons. The van der Waals surface area contributed by atoms with Crippen molar-refractivity contribution in [1.29, 1.82) is 0 Å². The van der Waals surface area contributed by atoms with Gasteiger partial charge in [-0.25, -0.2) is 9.37 Å². The van der Waals surface area contributed by atoms with E-state index in [2.05, 4.69) is 61.5 Å². The number of nitrogens with zero attached hydrogens (tertiary/aromatic N) is 4. The summed E-state index contributed by atoms with van der Waals surface area (Å²) in [7, 11) is 2.13. The van der Waals surface area contributed by atoms with Crippen molar-refractivity contribution in [2.75, 3.05) is 55.3 Å². The van der Waals surface area contributed by atoms with Crippen LogP contribution in [0.4, 0.5) is 33.2 Å². The van der Waals surface area contributed by atoms with Crippen molar-refractivity contribution < 1.29 is 14.3 Å². The molecule has 1 fully saturated rings. The van der Waals surface area contributed by atoms with Crippen LogP contribution in [0.3, 0.4) is 0 Å². The molecule has 1 aliphatic carbocycles. The lowest BCUT2D eigenvalue weighted by Crippen LogP contribution is -2.44. The second-order valence-corrected chi connectivity index (χ2v) is 10.3. The first-order valence-corrected chi connectivity index (χ1v) is 13.1. The predicted molar refractivity (Wildman–Crippen MR) is 152 cm³/mol. The van der Waals surface area contributed by atoms with E-state index in [1.165, 1.54) is 12.3 Å². The molecule has 9 nitrogen and oxygen atoms in total. The lowest BCUT2D eigenvalue weighted by atomic mass is 9.98. The zero-order chi connectivity index (χ0) is 27.6. The summed E-state index contributed by atoms with van der Waals surface area (Å²) >= 11 is 0. The number of piperazine rings is 1. The highest BCUT2D eigenvalue weighted by atomic mass is 19.1. The van der Waals surface area contributed by atoms with Crippen LogP contribution >= 0.6 is 0 Å². The molecule has 1 atom stereocenters. The molecule has 1 amide bonds. The van der Waals surface area contributed by atoms with E-state index in [1.54, 1.807) is 19.1 Å². The number of likely N-dealkylation sites (N-methyl/N-ethyl adjacent to an activating group) is 1. The van der Waals surface area contributed by atoms with E-state index in [9.17, 15) is 14.3 Å². The van der Waals surface area contributed by atoms with E-state index in [0.29, 0.717) is 29.7 Å². The first-order chi connectivity index (χ1) is 18.7. The highest BCUT2D eigenvalue weighted by molar-refractivity contribution is 5.99. The summed E-state index contributed by atoms with van der Waals surface area (Å²) in [5.41, 5.74) is 2.46. The van der Waals surface area contributed by atoms with Gasteiger partial charge in [-0.1, -0.05) is 6.08 Å². The van der Waals surface area contributed by atoms with Gasteiger partial charge in [0.1, 0.15) is 17.2 Å². The minimum absolute atomic E-state index is 0.195. The van der Waals surface area contributed by atoms with Gasteiger partial charge in [-0.05, 0) is 74.3 Å². The maximum absolute atomic E-state index is 14.9. The lowest BCUT2D eigenvalue weighted by Gasteiger charge is -2.34. The van der Waals surface area contributed by atoms with Crippen LogP contribution in [0.25, 0.3) is 0 Å². The van der Waals surface area contributed by atoms with Crippen LogP contribution in [-0.2, 0) is 12.0 Å². The second-order valence-electron chi connectivity index (χ2n) is 10.3. The maximum atomic E-state index is 14.9. The van der Waals surface area contributed by atoms with Crippen molar-refractivity contribution in [2.24, 2.45) is 0 Å². The maximum Gasteiger partial charge on any atom is 0.256 e. The summed E-state index contributed by atoms with van der Waals surface area (Å²) < 4.78 is 14.9. The highest BCUT2D eigenvalue weighted by Gasteiger charge is 2.34. The number of rotatable bonds is 8. The van der Waals surface area contributed by atoms with Gasteiger partial charge in [-0.15, -0.1) is 6.58 Å². The highest BCUT2D eigenvalue weighted by Crippen LogP contribution is 2.40. The summed E-state index contributed by atoms with van der Waals surface area (Å²) in [5.74, 6) is -0.314. The van der Waals surface area contributed by atoms with Gasteiger partial charge in [0.15, 0.2) is 0 Å². The van der Waals surface area contributed by atoms with Gasteiger partial charge in [-0.2, -0.15) is 4.98 Å². The van der Waals surface area contributed by atoms with Crippen molar-refractivity contribution in [3.05, 3.63) is 77.8 Å². The molecule has 1 aliphatic heterocycles. The number of amides is 1. The zero-order valence-corrected chi connectivity index (χ0v) is 22.3. The SMILES string of the molecule is C=CCNC(=O)c1cnc(Nc2ccc(N3CCN(C)CC3)cc2)nc1Nc1cc(F)c2c(c1)[C@@](C)(O)CC2. The second kappa shape index (κ2) is 11.0. The van der Waals surface area contributed by atoms with Crippen LogP contribution < -0.4 is 20.9 Å². The molecule has 0 unspecified atom stereocenters. The van der Waals surface area contributed by atoms with Gasteiger partial charge in [0, 0.05) is 56.0 Å². The third-order valence-corrected chi connectivity index (χ3v) is 7.33. The molecule has 0 bridgehead atoms. The van der Waals surface area contributed by atoms with Crippen molar-refractivity contribution >= 4 is 34.7 Å². The Bertz CT molecular complexity index is 1370. The largest absolute Gasteiger partial charge is 0.385 e.